The van der Waals surface area contributed by atoms with Gasteiger partial charge in [0.25, 0.3) is 0 Å². The summed E-state index contributed by atoms with van der Waals surface area (Å²) >= 11 is 0. The fourth-order valence-electron chi connectivity index (χ4n) is 2.55. The van der Waals surface area contributed by atoms with Crippen molar-refractivity contribution in [3.05, 3.63) is 23.7 Å². The van der Waals surface area contributed by atoms with Crippen LogP contribution in [0.3, 0.4) is 0 Å². The van der Waals surface area contributed by atoms with Crippen LogP contribution in [0.2, 0.25) is 0 Å². The normalized spacial score (nSPS) is 20.6. The second-order valence-electron chi connectivity index (χ2n) is 5.47. The first kappa shape index (κ1) is 12.7. The zero-order chi connectivity index (χ0) is 12.3. The molecule has 1 aromatic rings. The molecule has 0 saturated heterocycles. The number of furan rings is 1. The van der Waals surface area contributed by atoms with Gasteiger partial charge in [-0.2, -0.15) is 0 Å². The first-order chi connectivity index (χ1) is 8.08. The molecule has 1 aliphatic carbocycles. The molecule has 1 saturated carbocycles. The number of aryl methyl sites for hydroxylation is 1. The third kappa shape index (κ3) is 3.33. The Balaban J connectivity index is 1.80. The number of nitrogens with one attached hydrogen (secondary N) is 1. The van der Waals surface area contributed by atoms with Gasteiger partial charge in [0.1, 0.15) is 17.1 Å². The van der Waals surface area contributed by atoms with Crippen molar-refractivity contribution in [3.63, 3.8) is 0 Å². The molecule has 2 N–H and O–H groups in total. The zero-order valence-corrected chi connectivity index (χ0v) is 10.8. The lowest BCUT2D eigenvalue weighted by Crippen LogP contribution is -2.37. The predicted octanol–water partition coefficient (Wildman–Crippen LogP) is 2.58. The molecule has 1 unspecified atom stereocenters. The summed E-state index contributed by atoms with van der Waals surface area (Å²) in [6.07, 6.45) is 5.38. The average Bonchev–Trinajstić information content (AvgIpc) is 2.89. The van der Waals surface area contributed by atoms with Crippen LogP contribution in [0.1, 0.15) is 44.1 Å². The molecule has 96 valence electrons. The van der Waals surface area contributed by atoms with Gasteiger partial charge in [-0.05, 0) is 51.3 Å². The SMILES string of the molecule is Cc1ccc(C(C)(O)CNCC2CCCC2)o1. The molecular weight excluding hydrogens is 214 g/mol. The second-order valence-corrected chi connectivity index (χ2v) is 5.47. The van der Waals surface area contributed by atoms with E-state index in [1.807, 2.05) is 19.1 Å². The fourth-order valence-corrected chi connectivity index (χ4v) is 2.55. The lowest BCUT2D eigenvalue weighted by molar-refractivity contribution is 0.0328. The van der Waals surface area contributed by atoms with Crippen molar-refractivity contribution in [1.82, 2.24) is 5.32 Å². The third-order valence-electron chi connectivity index (χ3n) is 3.65. The van der Waals surface area contributed by atoms with Crippen LogP contribution in [0.15, 0.2) is 16.5 Å². The van der Waals surface area contributed by atoms with Gasteiger partial charge in [0.15, 0.2) is 0 Å². The van der Waals surface area contributed by atoms with Gasteiger partial charge in [-0.15, -0.1) is 0 Å². The van der Waals surface area contributed by atoms with E-state index in [4.69, 9.17) is 4.42 Å². The van der Waals surface area contributed by atoms with Crippen molar-refractivity contribution in [3.8, 4) is 0 Å². The molecular formula is C14H23NO2. The highest BCUT2D eigenvalue weighted by Crippen LogP contribution is 2.25. The molecule has 3 nitrogen and oxygen atoms in total. The Hall–Kier alpha value is -0.800. The first-order valence-corrected chi connectivity index (χ1v) is 6.58. The molecule has 17 heavy (non-hydrogen) atoms. The predicted molar refractivity (Wildman–Crippen MR) is 67.8 cm³/mol. The van der Waals surface area contributed by atoms with Gasteiger partial charge in [0.05, 0.1) is 0 Å². The van der Waals surface area contributed by atoms with Gasteiger partial charge in [-0.3, -0.25) is 0 Å². The van der Waals surface area contributed by atoms with Crippen LogP contribution in [-0.4, -0.2) is 18.2 Å². The quantitative estimate of drug-likeness (QED) is 0.827. The molecule has 1 atom stereocenters. The molecule has 0 amide bonds. The Morgan fingerprint density at radius 3 is 2.71 bits per heavy atom. The van der Waals surface area contributed by atoms with Crippen LogP contribution in [0.5, 0.6) is 0 Å². The van der Waals surface area contributed by atoms with Crippen molar-refractivity contribution >= 4 is 0 Å². The highest BCUT2D eigenvalue weighted by Gasteiger charge is 2.26. The summed E-state index contributed by atoms with van der Waals surface area (Å²) in [7, 11) is 0. The van der Waals surface area contributed by atoms with E-state index in [9.17, 15) is 5.11 Å². The van der Waals surface area contributed by atoms with Gasteiger partial charge in [0.2, 0.25) is 0 Å². The Kier molecular flexibility index (Phi) is 3.89. The summed E-state index contributed by atoms with van der Waals surface area (Å²) in [4.78, 5) is 0. The van der Waals surface area contributed by atoms with Gasteiger partial charge < -0.3 is 14.8 Å². The molecule has 1 aromatic heterocycles. The largest absolute Gasteiger partial charge is 0.463 e. The molecule has 0 aromatic carbocycles. The van der Waals surface area contributed by atoms with Gasteiger partial charge in [-0.1, -0.05) is 12.8 Å². The van der Waals surface area contributed by atoms with Crippen LogP contribution in [0.4, 0.5) is 0 Å². The van der Waals surface area contributed by atoms with E-state index in [1.54, 1.807) is 6.92 Å². The standard InChI is InChI=1S/C14H23NO2/c1-11-7-8-13(17-11)14(2,16)10-15-9-12-5-3-4-6-12/h7-8,12,15-16H,3-6,9-10H2,1-2H3. The van der Waals surface area contributed by atoms with Crippen molar-refractivity contribution in [2.45, 2.75) is 45.1 Å². The summed E-state index contributed by atoms with van der Waals surface area (Å²) in [6.45, 7) is 5.25. The van der Waals surface area contributed by atoms with Crippen LogP contribution >= 0.6 is 0 Å². The Morgan fingerprint density at radius 1 is 1.41 bits per heavy atom. The van der Waals surface area contributed by atoms with E-state index in [0.29, 0.717) is 12.3 Å². The first-order valence-electron chi connectivity index (χ1n) is 6.58. The van der Waals surface area contributed by atoms with Crippen molar-refractivity contribution in [2.75, 3.05) is 13.1 Å². The van der Waals surface area contributed by atoms with Crippen LogP contribution in [-0.2, 0) is 5.60 Å². The van der Waals surface area contributed by atoms with E-state index in [0.717, 1.165) is 18.2 Å². The molecule has 3 heteroatoms. The highest BCUT2D eigenvalue weighted by atomic mass is 16.4. The zero-order valence-electron chi connectivity index (χ0n) is 10.8. The summed E-state index contributed by atoms with van der Waals surface area (Å²) in [6, 6.07) is 3.74. The Bertz CT molecular complexity index is 351. The number of hydrogen-bond acceptors (Lipinski definition) is 3. The number of hydrogen-bond donors (Lipinski definition) is 2. The molecule has 1 aliphatic rings. The van der Waals surface area contributed by atoms with Gasteiger partial charge in [-0.25, -0.2) is 0 Å². The number of rotatable bonds is 5. The summed E-state index contributed by atoms with van der Waals surface area (Å²) in [5.41, 5.74) is -0.910. The molecule has 1 fully saturated rings. The molecule has 0 aliphatic heterocycles. The summed E-state index contributed by atoms with van der Waals surface area (Å²) in [5, 5.41) is 13.7. The minimum atomic E-state index is -0.910. The van der Waals surface area contributed by atoms with Crippen molar-refractivity contribution < 1.29 is 9.52 Å². The topological polar surface area (TPSA) is 45.4 Å². The minimum Gasteiger partial charge on any atom is -0.463 e. The lowest BCUT2D eigenvalue weighted by atomic mass is 10.0. The van der Waals surface area contributed by atoms with E-state index >= 15 is 0 Å². The molecule has 2 rings (SSSR count). The van der Waals surface area contributed by atoms with E-state index in [1.165, 1.54) is 25.7 Å². The summed E-state index contributed by atoms with van der Waals surface area (Å²) < 4.78 is 5.48. The number of aliphatic hydroxyl groups is 1. The van der Waals surface area contributed by atoms with E-state index in [-0.39, 0.29) is 0 Å². The summed E-state index contributed by atoms with van der Waals surface area (Å²) in [5.74, 6) is 2.29. The molecule has 0 bridgehead atoms. The maximum Gasteiger partial charge on any atom is 0.136 e. The highest BCUT2D eigenvalue weighted by molar-refractivity contribution is 5.12. The van der Waals surface area contributed by atoms with Crippen LogP contribution in [0.25, 0.3) is 0 Å². The van der Waals surface area contributed by atoms with Gasteiger partial charge in [0, 0.05) is 6.54 Å². The maximum absolute atomic E-state index is 10.3. The molecule has 0 spiro atoms. The lowest BCUT2D eigenvalue weighted by Gasteiger charge is -2.22. The Labute approximate surface area is 103 Å². The fraction of sp³-hybridized carbons (Fsp3) is 0.714. The Morgan fingerprint density at radius 2 is 2.12 bits per heavy atom. The van der Waals surface area contributed by atoms with Gasteiger partial charge >= 0.3 is 0 Å². The average molecular weight is 237 g/mol. The minimum absolute atomic E-state index is 0.552. The third-order valence-corrected chi connectivity index (χ3v) is 3.65. The monoisotopic (exact) mass is 237 g/mol. The van der Waals surface area contributed by atoms with Crippen LogP contribution < -0.4 is 5.32 Å². The van der Waals surface area contributed by atoms with Crippen molar-refractivity contribution in [1.29, 1.82) is 0 Å². The second kappa shape index (κ2) is 5.23. The molecule has 1 heterocycles. The van der Waals surface area contributed by atoms with Crippen LogP contribution in [0, 0.1) is 12.8 Å². The van der Waals surface area contributed by atoms with E-state index < -0.39 is 5.60 Å². The maximum atomic E-state index is 10.3. The van der Waals surface area contributed by atoms with E-state index in [2.05, 4.69) is 5.32 Å². The molecule has 0 radical (unpaired) electrons. The van der Waals surface area contributed by atoms with Crippen molar-refractivity contribution in [2.24, 2.45) is 5.92 Å². The smallest absolute Gasteiger partial charge is 0.136 e.